The Kier molecular flexibility index (Phi) is 4.24. The molecule has 18 heavy (non-hydrogen) atoms. The maximum Gasteiger partial charge on any atom is 0.241 e. The molecule has 2 rings (SSSR count). The van der Waals surface area contributed by atoms with Crippen molar-refractivity contribution in [2.45, 2.75) is 38.6 Å². The van der Waals surface area contributed by atoms with Crippen molar-refractivity contribution < 1.29 is 4.79 Å². The molecule has 1 fully saturated rings. The molecule has 0 radical (unpaired) electrons. The first-order valence-electron chi connectivity index (χ1n) is 6.79. The van der Waals surface area contributed by atoms with Crippen LogP contribution in [0.15, 0.2) is 24.3 Å². The second kappa shape index (κ2) is 5.89. The van der Waals surface area contributed by atoms with Crippen LogP contribution in [0.2, 0.25) is 0 Å². The molecular formula is C15H22N2O. The van der Waals surface area contributed by atoms with Crippen LogP contribution in [0.3, 0.4) is 0 Å². The Morgan fingerprint density at radius 1 is 1.33 bits per heavy atom. The largest absolute Gasteiger partial charge is 0.376 e. The highest BCUT2D eigenvalue weighted by atomic mass is 16.2. The molecule has 1 aliphatic rings. The number of aryl methyl sites for hydroxylation is 1. The van der Waals surface area contributed by atoms with E-state index in [1.54, 1.807) is 0 Å². The van der Waals surface area contributed by atoms with E-state index in [1.165, 1.54) is 5.56 Å². The van der Waals surface area contributed by atoms with Gasteiger partial charge in [0.2, 0.25) is 5.91 Å². The molecule has 0 saturated heterocycles. The maximum absolute atomic E-state index is 11.8. The van der Waals surface area contributed by atoms with Gasteiger partial charge in [0, 0.05) is 18.8 Å². The van der Waals surface area contributed by atoms with Crippen molar-refractivity contribution >= 4 is 11.6 Å². The van der Waals surface area contributed by atoms with Crippen LogP contribution in [0.5, 0.6) is 0 Å². The lowest BCUT2D eigenvalue weighted by atomic mass is 10.1. The molecule has 3 nitrogen and oxygen atoms in total. The lowest BCUT2D eigenvalue weighted by molar-refractivity contribution is -0.128. The van der Waals surface area contributed by atoms with Gasteiger partial charge in [0.25, 0.3) is 0 Å². The Morgan fingerprint density at radius 3 is 2.56 bits per heavy atom. The van der Waals surface area contributed by atoms with Crippen LogP contribution in [0.4, 0.5) is 5.69 Å². The summed E-state index contributed by atoms with van der Waals surface area (Å²) in [6.07, 6.45) is 4.60. The quantitative estimate of drug-likeness (QED) is 0.837. The number of carbonyl (C=O) groups excluding carboxylic acids is 1. The first kappa shape index (κ1) is 12.9. The molecular weight excluding hydrogens is 224 g/mol. The zero-order chi connectivity index (χ0) is 13.0. The molecule has 0 atom stereocenters. The molecule has 0 aromatic heterocycles. The first-order chi connectivity index (χ1) is 8.70. The maximum atomic E-state index is 11.8. The van der Waals surface area contributed by atoms with E-state index in [2.05, 4.69) is 36.5 Å². The minimum absolute atomic E-state index is 0.176. The molecule has 0 bridgehead atoms. The number of carbonyl (C=O) groups is 1. The second-order valence-corrected chi connectivity index (χ2v) is 5.04. The van der Waals surface area contributed by atoms with Gasteiger partial charge in [-0.15, -0.1) is 0 Å². The van der Waals surface area contributed by atoms with Gasteiger partial charge in [-0.05, 0) is 37.0 Å². The number of amides is 1. The zero-order valence-corrected chi connectivity index (χ0v) is 11.3. The molecule has 0 spiro atoms. The molecule has 1 saturated carbocycles. The summed E-state index contributed by atoms with van der Waals surface area (Å²) in [4.78, 5) is 13.7. The topological polar surface area (TPSA) is 32.3 Å². The van der Waals surface area contributed by atoms with Gasteiger partial charge in [-0.2, -0.15) is 0 Å². The van der Waals surface area contributed by atoms with Crippen LogP contribution in [0.1, 0.15) is 31.7 Å². The smallest absolute Gasteiger partial charge is 0.241 e. The van der Waals surface area contributed by atoms with E-state index in [9.17, 15) is 4.79 Å². The van der Waals surface area contributed by atoms with Crippen LogP contribution in [-0.2, 0) is 11.2 Å². The van der Waals surface area contributed by atoms with E-state index in [-0.39, 0.29) is 5.91 Å². The summed E-state index contributed by atoms with van der Waals surface area (Å²) >= 11 is 0. The van der Waals surface area contributed by atoms with Crippen molar-refractivity contribution in [1.29, 1.82) is 0 Å². The fourth-order valence-corrected chi connectivity index (χ4v) is 2.05. The Morgan fingerprint density at radius 2 is 2.00 bits per heavy atom. The molecule has 3 heteroatoms. The third kappa shape index (κ3) is 3.49. The Bertz CT molecular complexity index is 395. The van der Waals surface area contributed by atoms with Gasteiger partial charge >= 0.3 is 0 Å². The third-order valence-corrected chi connectivity index (χ3v) is 3.42. The van der Waals surface area contributed by atoms with Gasteiger partial charge in [-0.3, -0.25) is 4.79 Å². The van der Waals surface area contributed by atoms with Crippen molar-refractivity contribution in [1.82, 2.24) is 4.90 Å². The van der Waals surface area contributed by atoms with E-state index in [0.717, 1.165) is 31.4 Å². The average Bonchev–Trinajstić information content (AvgIpc) is 3.21. The normalized spacial score (nSPS) is 14.3. The standard InChI is InChI=1S/C15H22N2O/c1-3-4-12-5-7-13(8-6-12)16-11-15(18)17(2)14-9-10-14/h5-8,14,16H,3-4,9-11H2,1-2H3. The van der Waals surface area contributed by atoms with E-state index in [0.29, 0.717) is 12.6 Å². The van der Waals surface area contributed by atoms with Gasteiger partial charge in [-0.1, -0.05) is 25.5 Å². The highest BCUT2D eigenvalue weighted by Crippen LogP contribution is 2.25. The van der Waals surface area contributed by atoms with E-state index < -0.39 is 0 Å². The molecule has 1 amide bonds. The monoisotopic (exact) mass is 246 g/mol. The molecule has 0 unspecified atom stereocenters. The summed E-state index contributed by atoms with van der Waals surface area (Å²) in [5, 5.41) is 3.19. The summed E-state index contributed by atoms with van der Waals surface area (Å²) in [5.74, 6) is 0.176. The highest BCUT2D eigenvalue weighted by molar-refractivity contribution is 5.81. The minimum Gasteiger partial charge on any atom is -0.376 e. The van der Waals surface area contributed by atoms with Crippen LogP contribution in [-0.4, -0.2) is 30.4 Å². The molecule has 1 N–H and O–H groups in total. The summed E-state index contributed by atoms with van der Waals surface area (Å²) in [5.41, 5.74) is 2.37. The molecule has 1 aromatic carbocycles. The van der Waals surface area contributed by atoms with Crippen LogP contribution >= 0.6 is 0 Å². The lowest BCUT2D eigenvalue weighted by Gasteiger charge is -2.17. The third-order valence-electron chi connectivity index (χ3n) is 3.42. The summed E-state index contributed by atoms with van der Waals surface area (Å²) < 4.78 is 0. The average molecular weight is 246 g/mol. The molecule has 1 aromatic rings. The van der Waals surface area contributed by atoms with Crippen molar-refractivity contribution in [3.63, 3.8) is 0 Å². The predicted molar refractivity (Wildman–Crippen MR) is 74.7 cm³/mol. The van der Waals surface area contributed by atoms with E-state index in [4.69, 9.17) is 0 Å². The summed E-state index contributed by atoms with van der Waals surface area (Å²) in [6, 6.07) is 8.85. The number of nitrogens with one attached hydrogen (secondary N) is 1. The summed E-state index contributed by atoms with van der Waals surface area (Å²) in [7, 11) is 1.89. The number of hydrogen-bond acceptors (Lipinski definition) is 2. The molecule has 1 aliphatic carbocycles. The Balaban J connectivity index is 1.80. The number of nitrogens with zero attached hydrogens (tertiary/aromatic N) is 1. The van der Waals surface area contributed by atoms with Crippen LogP contribution in [0.25, 0.3) is 0 Å². The van der Waals surface area contributed by atoms with E-state index in [1.807, 2.05) is 11.9 Å². The number of anilines is 1. The van der Waals surface area contributed by atoms with Gasteiger partial charge in [0.1, 0.15) is 0 Å². The van der Waals surface area contributed by atoms with Crippen LogP contribution in [0, 0.1) is 0 Å². The van der Waals surface area contributed by atoms with Crippen molar-refractivity contribution in [2.75, 3.05) is 18.9 Å². The van der Waals surface area contributed by atoms with Crippen molar-refractivity contribution in [3.8, 4) is 0 Å². The van der Waals surface area contributed by atoms with Crippen molar-refractivity contribution in [3.05, 3.63) is 29.8 Å². The van der Waals surface area contributed by atoms with Gasteiger partial charge in [0.15, 0.2) is 0 Å². The highest BCUT2D eigenvalue weighted by Gasteiger charge is 2.29. The minimum atomic E-state index is 0.176. The first-order valence-corrected chi connectivity index (χ1v) is 6.79. The predicted octanol–water partition coefficient (Wildman–Crippen LogP) is 2.67. The number of benzene rings is 1. The fraction of sp³-hybridized carbons (Fsp3) is 0.533. The van der Waals surface area contributed by atoms with Gasteiger partial charge in [0.05, 0.1) is 6.54 Å². The Hall–Kier alpha value is -1.51. The van der Waals surface area contributed by atoms with Crippen molar-refractivity contribution in [2.24, 2.45) is 0 Å². The number of rotatable bonds is 6. The molecule has 0 heterocycles. The number of likely N-dealkylation sites (N-methyl/N-ethyl adjacent to an activating group) is 1. The van der Waals surface area contributed by atoms with Gasteiger partial charge < -0.3 is 10.2 Å². The number of hydrogen-bond donors (Lipinski definition) is 1. The second-order valence-electron chi connectivity index (χ2n) is 5.04. The fourth-order valence-electron chi connectivity index (χ4n) is 2.05. The SMILES string of the molecule is CCCc1ccc(NCC(=O)N(C)C2CC2)cc1. The Labute approximate surface area is 109 Å². The molecule has 98 valence electrons. The molecule has 0 aliphatic heterocycles. The lowest BCUT2D eigenvalue weighted by Crippen LogP contribution is -2.33. The summed E-state index contributed by atoms with van der Waals surface area (Å²) in [6.45, 7) is 2.57. The zero-order valence-electron chi connectivity index (χ0n) is 11.3. The van der Waals surface area contributed by atoms with Crippen LogP contribution < -0.4 is 5.32 Å². The van der Waals surface area contributed by atoms with E-state index >= 15 is 0 Å². The van der Waals surface area contributed by atoms with Gasteiger partial charge in [-0.25, -0.2) is 0 Å².